The number of aromatic nitrogens is 2. The minimum Gasteiger partial charge on any atom is -0.475 e. The van der Waals surface area contributed by atoms with Crippen molar-refractivity contribution in [3.05, 3.63) is 48.0 Å². The molecule has 0 aliphatic carbocycles. The van der Waals surface area contributed by atoms with Gasteiger partial charge in [-0.05, 0) is 42.6 Å². The number of rotatable bonds is 9. The van der Waals surface area contributed by atoms with Crippen molar-refractivity contribution in [3.8, 4) is 16.3 Å². The van der Waals surface area contributed by atoms with Crippen molar-refractivity contribution >= 4 is 39.7 Å². The smallest absolute Gasteiger partial charge is 0.441 e. The summed E-state index contributed by atoms with van der Waals surface area (Å²) in [6, 6.07) is 10.5. The lowest BCUT2D eigenvalue weighted by Gasteiger charge is -2.11. The van der Waals surface area contributed by atoms with Crippen LogP contribution in [0, 0.1) is 0 Å². The molecule has 0 fully saturated rings. The van der Waals surface area contributed by atoms with Gasteiger partial charge in [0.05, 0.1) is 29.4 Å². The largest absolute Gasteiger partial charge is 0.475 e. The number of benzene rings is 1. The van der Waals surface area contributed by atoms with E-state index in [1.807, 2.05) is 17.5 Å². The van der Waals surface area contributed by atoms with E-state index in [9.17, 15) is 9.00 Å². The van der Waals surface area contributed by atoms with E-state index in [-0.39, 0.29) is 6.61 Å². The highest BCUT2D eigenvalue weighted by molar-refractivity contribution is 7.75. The Bertz CT molecular complexity index is 1080. The van der Waals surface area contributed by atoms with Crippen LogP contribution in [0.4, 0.5) is 16.4 Å². The number of ether oxygens (including phenoxy) is 3. The molecule has 2 aromatic heterocycles. The Morgan fingerprint density at radius 2 is 2.03 bits per heavy atom. The summed E-state index contributed by atoms with van der Waals surface area (Å²) in [6.45, 7) is 2.63. The van der Waals surface area contributed by atoms with Crippen molar-refractivity contribution in [1.82, 2.24) is 9.97 Å². The average Bonchev–Trinajstić information content (AvgIpc) is 3.29. The molecule has 11 heteroatoms. The third kappa shape index (κ3) is 6.48. The van der Waals surface area contributed by atoms with Crippen LogP contribution < -0.4 is 10.1 Å². The van der Waals surface area contributed by atoms with Crippen LogP contribution in [0.15, 0.2) is 57.2 Å². The maximum Gasteiger partial charge on any atom is 0.441 e. The Kier molecular flexibility index (Phi) is 8.33. The summed E-state index contributed by atoms with van der Waals surface area (Å²) in [5.41, 5.74) is 1.47. The van der Waals surface area contributed by atoms with Crippen molar-refractivity contribution < 1.29 is 23.2 Å². The van der Waals surface area contributed by atoms with Gasteiger partial charge in [-0.25, -0.2) is 14.0 Å². The monoisotopic (exact) mass is 462 g/mol. The molecule has 1 atom stereocenters. The van der Waals surface area contributed by atoms with Crippen molar-refractivity contribution in [2.45, 2.75) is 11.8 Å². The first-order valence-electron chi connectivity index (χ1n) is 9.36. The van der Waals surface area contributed by atoms with E-state index in [0.717, 1.165) is 10.4 Å². The molecule has 0 saturated carbocycles. The zero-order chi connectivity index (χ0) is 22.1. The molecular formula is C20H22N4O5S2. The van der Waals surface area contributed by atoms with Gasteiger partial charge in [-0.3, -0.25) is 0 Å². The van der Waals surface area contributed by atoms with Gasteiger partial charge < -0.3 is 19.5 Å². The molecule has 1 amide bonds. The lowest BCUT2D eigenvalue weighted by molar-refractivity contribution is 0.144. The maximum absolute atomic E-state index is 12.1. The number of hydrogen-bond donors (Lipinski definition) is 2. The van der Waals surface area contributed by atoms with Gasteiger partial charge in [0.25, 0.3) is 0 Å². The van der Waals surface area contributed by atoms with Crippen molar-refractivity contribution in [3.63, 3.8) is 0 Å². The van der Waals surface area contributed by atoms with Gasteiger partial charge in [0, 0.05) is 28.8 Å². The molecule has 3 aromatic rings. The average molecular weight is 463 g/mol. The third-order valence-corrected chi connectivity index (χ3v) is 5.84. The summed E-state index contributed by atoms with van der Waals surface area (Å²) < 4.78 is 31.1. The van der Waals surface area contributed by atoms with E-state index in [2.05, 4.69) is 24.4 Å². The van der Waals surface area contributed by atoms with Crippen LogP contribution in [-0.2, 0) is 20.1 Å². The fraction of sp³-hybridized carbons (Fsp3) is 0.250. The summed E-state index contributed by atoms with van der Waals surface area (Å²) in [4.78, 5) is 21.6. The summed E-state index contributed by atoms with van der Waals surface area (Å²) in [6.07, 6.45) is 0.860. The van der Waals surface area contributed by atoms with Crippen LogP contribution in [0.3, 0.4) is 0 Å². The number of thiophene rings is 1. The summed E-state index contributed by atoms with van der Waals surface area (Å²) in [7, 11) is -0.622. The van der Waals surface area contributed by atoms with E-state index >= 15 is 0 Å². The van der Waals surface area contributed by atoms with Crippen LogP contribution in [0.25, 0.3) is 10.4 Å². The van der Waals surface area contributed by atoms with E-state index in [0.29, 0.717) is 35.6 Å². The van der Waals surface area contributed by atoms with Gasteiger partial charge in [-0.2, -0.15) is 4.98 Å². The molecule has 1 aromatic carbocycles. The summed E-state index contributed by atoms with van der Waals surface area (Å²) in [5.74, 6) is 0.797. The fourth-order valence-corrected chi connectivity index (χ4v) is 3.90. The first-order valence-corrected chi connectivity index (χ1v) is 11.4. The zero-order valence-corrected chi connectivity index (χ0v) is 18.7. The Morgan fingerprint density at radius 3 is 2.71 bits per heavy atom. The molecule has 0 radical (unpaired) electrons. The van der Waals surface area contributed by atoms with Crippen LogP contribution in [0.1, 0.15) is 6.92 Å². The molecule has 0 aliphatic heterocycles. The van der Waals surface area contributed by atoms with Gasteiger partial charge in [-0.15, -0.1) is 15.7 Å². The Balaban J connectivity index is 1.76. The van der Waals surface area contributed by atoms with Gasteiger partial charge in [0.2, 0.25) is 11.8 Å². The molecule has 1 N–H and O–H groups in total. The normalized spacial score (nSPS) is 11.8. The highest BCUT2D eigenvalue weighted by Gasteiger charge is 2.12. The molecule has 3 rings (SSSR count). The molecule has 0 aliphatic rings. The molecule has 0 bridgehead atoms. The van der Waals surface area contributed by atoms with Crippen molar-refractivity contribution in [2.24, 2.45) is 4.36 Å². The SMILES string of the molecule is CCOC(=O)N=[SH](=O)c1ccc(Nc2ncc(-c3cccs3)c(OCCOC)n2)cc1. The lowest BCUT2D eigenvalue weighted by atomic mass is 10.2. The Labute approximate surface area is 185 Å². The number of carbonyl (C=O) groups excluding carboxylic acids is 1. The third-order valence-electron chi connectivity index (χ3n) is 3.85. The quantitative estimate of drug-likeness (QED) is 0.360. The number of hydrogen-bond acceptors (Lipinski definition) is 9. The highest BCUT2D eigenvalue weighted by atomic mass is 32.2. The predicted molar refractivity (Wildman–Crippen MR) is 120 cm³/mol. The molecule has 0 saturated heterocycles. The zero-order valence-electron chi connectivity index (χ0n) is 17.0. The first kappa shape index (κ1) is 22.7. The van der Waals surface area contributed by atoms with Gasteiger partial charge in [-0.1, -0.05) is 6.07 Å². The van der Waals surface area contributed by atoms with Gasteiger partial charge in [0.15, 0.2) is 0 Å². The fourth-order valence-electron chi connectivity index (χ4n) is 2.44. The Morgan fingerprint density at radius 1 is 1.23 bits per heavy atom. The van der Waals surface area contributed by atoms with E-state index in [4.69, 9.17) is 9.47 Å². The maximum atomic E-state index is 12.1. The lowest BCUT2D eigenvalue weighted by Crippen LogP contribution is -2.08. The van der Waals surface area contributed by atoms with Gasteiger partial charge in [0.1, 0.15) is 6.61 Å². The molecule has 31 heavy (non-hydrogen) atoms. The van der Waals surface area contributed by atoms with Crippen LogP contribution in [-0.4, -0.2) is 47.2 Å². The number of amides is 1. The second-order valence-electron chi connectivity index (χ2n) is 5.97. The van der Waals surface area contributed by atoms with E-state index < -0.39 is 16.7 Å². The molecule has 164 valence electrons. The number of nitrogens with one attached hydrogen (secondary N) is 1. The van der Waals surface area contributed by atoms with Crippen LogP contribution >= 0.6 is 11.3 Å². The van der Waals surface area contributed by atoms with Crippen LogP contribution in [0.2, 0.25) is 0 Å². The topological polar surface area (TPSA) is 112 Å². The molecule has 9 nitrogen and oxygen atoms in total. The first-order chi connectivity index (χ1) is 15.1. The number of methoxy groups -OCH3 is 1. The van der Waals surface area contributed by atoms with Crippen molar-refractivity contribution in [2.75, 3.05) is 32.2 Å². The van der Waals surface area contributed by atoms with E-state index in [1.54, 1.807) is 55.8 Å². The highest BCUT2D eigenvalue weighted by Crippen LogP contribution is 2.32. The minimum atomic E-state index is -2.23. The minimum absolute atomic E-state index is 0.177. The molecule has 2 heterocycles. The Hall–Kier alpha value is -3.02. The van der Waals surface area contributed by atoms with Crippen molar-refractivity contribution in [1.29, 1.82) is 0 Å². The molecule has 1 unspecified atom stereocenters. The predicted octanol–water partition coefficient (Wildman–Crippen LogP) is 4.15. The van der Waals surface area contributed by atoms with E-state index in [1.165, 1.54) is 0 Å². The standard InChI is InChI=1S/C20H22N4O5S2/c1-3-28-20(25)24-31(26)15-8-6-14(7-9-15)22-19-21-13-16(17-5-4-12-30-17)18(23-19)29-11-10-27-2/h4-9,12-13,31H,3,10-11H2,1-2H3,(H,21,22,23). The number of carbonyl (C=O) groups is 1. The number of anilines is 2. The van der Waals surface area contributed by atoms with Gasteiger partial charge >= 0.3 is 6.09 Å². The molecular weight excluding hydrogens is 440 g/mol. The van der Waals surface area contributed by atoms with Crippen LogP contribution in [0.5, 0.6) is 5.88 Å². The second kappa shape index (κ2) is 11.4. The number of thiol groups is 1. The summed E-state index contributed by atoms with van der Waals surface area (Å²) >= 11 is 1.57. The second-order valence-corrected chi connectivity index (χ2v) is 8.18. The molecule has 0 spiro atoms. The summed E-state index contributed by atoms with van der Waals surface area (Å²) in [5, 5.41) is 5.06. The number of nitrogens with zero attached hydrogens (tertiary/aromatic N) is 3.